The third-order valence-electron chi connectivity index (χ3n) is 2.69. The lowest BCUT2D eigenvalue weighted by molar-refractivity contribution is 0.0997. The van der Waals surface area contributed by atoms with Crippen LogP contribution in [-0.2, 0) is 0 Å². The van der Waals surface area contributed by atoms with E-state index < -0.39 is 5.91 Å². The number of primary amides is 1. The maximum Gasteiger partial charge on any atom is 0.270 e. The van der Waals surface area contributed by atoms with Crippen LogP contribution in [0.2, 0.25) is 0 Å². The first-order chi connectivity index (χ1) is 9.52. The number of hydrogen-bond donors (Lipinski definition) is 3. The van der Waals surface area contributed by atoms with E-state index in [-0.39, 0.29) is 11.6 Å². The summed E-state index contributed by atoms with van der Waals surface area (Å²) in [4.78, 5) is 27.5. The van der Waals surface area contributed by atoms with E-state index in [0.717, 1.165) is 16.9 Å². The van der Waals surface area contributed by atoms with E-state index in [1.807, 2.05) is 19.1 Å². The molecule has 0 unspecified atom stereocenters. The Kier molecular flexibility index (Phi) is 3.99. The van der Waals surface area contributed by atoms with Crippen LogP contribution in [0.4, 0.5) is 10.1 Å². The van der Waals surface area contributed by atoms with Crippen LogP contribution in [0.15, 0.2) is 24.3 Å². The summed E-state index contributed by atoms with van der Waals surface area (Å²) in [6.45, 7) is 1.84. The van der Waals surface area contributed by atoms with Gasteiger partial charge in [-0.1, -0.05) is 29.5 Å². The average molecular weight is 290 g/mol. The molecule has 20 heavy (non-hydrogen) atoms. The van der Waals surface area contributed by atoms with Crippen molar-refractivity contribution in [2.45, 2.75) is 6.92 Å². The Bertz CT molecular complexity index is 666. The molecule has 104 valence electrons. The van der Waals surface area contributed by atoms with Crippen LogP contribution >= 0.6 is 11.3 Å². The summed E-state index contributed by atoms with van der Waals surface area (Å²) in [5.41, 5.74) is 6.70. The van der Waals surface area contributed by atoms with Gasteiger partial charge in [0.2, 0.25) is 0 Å². The topological polar surface area (TPSA) is 97.1 Å². The predicted octanol–water partition coefficient (Wildman–Crippen LogP) is 1.84. The Morgan fingerprint density at radius 2 is 2.00 bits per heavy atom. The van der Waals surface area contributed by atoms with Gasteiger partial charge in [0.15, 0.2) is 10.8 Å². The number of aryl methyl sites for hydroxylation is 1. The summed E-state index contributed by atoms with van der Waals surface area (Å²) in [6, 6.07) is 7.19. The maximum absolute atomic E-state index is 12.2. The molecule has 0 fully saturated rings. The fourth-order valence-electron chi connectivity index (χ4n) is 1.68. The molecule has 4 N–H and O–H groups in total. The third-order valence-corrected chi connectivity index (χ3v) is 3.68. The number of anilines is 2. The number of nitrogens with two attached hydrogens (primary N) is 1. The molecule has 0 aliphatic carbocycles. The summed E-state index contributed by atoms with van der Waals surface area (Å²) in [5, 5.41) is 6.35. The van der Waals surface area contributed by atoms with E-state index in [2.05, 4.69) is 15.6 Å². The highest BCUT2D eigenvalue weighted by Crippen LogP contribution is 2.28. The van der Waals surface area contributed by atoms with Gasteiger partial charge in [0.05, 0.1) is 0 Å². The lowest BCUT2D eigenvalue weighted by Crippen LogP contribution is -2.18. The number of carbonyl (C=O) groups is 2. The summed E-state index contributed by atoms with van der Waals surface area (Å²) < 4.78 is 0. The van der Waals surface area contributed by atoms with Crippen molar-refractivity contribution in [3.05, 3.63) is 41.1 Å². The van der Waals surface area contributed by atoms with Crippen LogP contribution in [0.5, 0.6) is 0 Å². The Morgan fingerprint density at radius 1 is 1.30 bits per heavy atom. The summed E-state index contributed by atoms with van der Waals surface area (Å²) in [5.74, 6) is -0.972. The van der Waals surface area contributed by atoms with Crippen molar-refractivity contribution in [1.29, 1.82) is 0 Å². The largest absolute Gasteiger partial charge is 0.365 e. The molecule has 1 aromatic carbocycles. The maximum atomic E-state index is 12.2. The van der Waals surface area contributed by atoms with E-state index in [9.17, 15) is 9.59 Å². The molecule has 1 heterocycles. The van der Waals surface area contributed by atoms with Crippen molar-refractivity contribution in [3.63, 3.8) is 0 Å². The van der Waals surface area contributed by atoms with Crippen molar-refractivity contribution >= 4 is 33.3 Å². The average Bonchev–Trinajstić information content (AvgIpc) is 2.82. The monoisotopic (exact) mass is 290 g/mol. The van der Waals surface area contributed by atoms with E-state index in [1.165, 1.54) is 0 Å². The second-order valence-electron chi connectivity index (χ2n) is 4.08. The van der Waals surface area contributed by atoms with E-state index in [0.29, 0.717) is 15.7 Å². The van der Waals surface area contributed by atoms with Crippen molar-refractivity contribution in [1.82, 2.24) is 4.98 Å². The zero-order valence-electron chi connectivity index (χ0n) is 11.1. The molecule has 0 atom stereocenters. The summed E-state index contributed by atoms with van der Waals surface area (Å²) in [6.07, 6.45) is 0. The number of rotatable bonds is 4. The second-order valence-corrected chi connectivity index (χ2v) is 5.08. The summed E-state index contributed by atoms with van der Waals surface area (Å²) in [7, 11) is 1.68. The lowest BCUT2D eigenvalue weighted by Gasteiger charge is -2.06. The molecule has 0 spiro atoms. The van der Waals surface area contributed by atoms with Crippen LogP contribution in [0.3, 0.4) is 0 Å². The van der Waals surface area contributed by atoms with Crippen LogP contribution < -0.4 is 16.4 Å². The number of carbonyl (C=O) groups excluding carboxylic acids is 2. The molecular formula is C13H14N4O2S. The molecular weight excluding hydrogens is 276 g/mol. The van der Waals surface area contributed by atoms with Crippen LogP contribution in [0.25, 0.3) is 0 Å². The number of hydrogen-bond acceptors (Lipinski definition) is 5. The number of thiazole rings is 1. The minimum Gasteiger partial charge on any atom is -0.365 e. The van der Waals surface area contributed by atoms with Crippen LogP contribution in [-0.4, -0.2) is 23.8 Å². The highest BCUT2D eigenvalue weighted by atomic mass is 32.1. The predicted molar refractivity (Wildman–Crippen MR) is 79.3 cm³/mol. The van der Waals surface area contributed by atoms with Crippen LogP contribution in [0, 0.1) is 6.92 Å². The Morgan fingerprint density at radius 3 is 2.60 bits per heavy atom. The van der Waals surface area contributed by atoms with E-state index in [4.69, 9.17) is 5.73 Å². The molecule has 0 aliphatic rings. The fourth-order valence-corrected chi connectivity index (χ4v) is 2.50. The number of nitrogens with one attached hydrogen (secondary N) is 2. The first kappa shape index (κ1) is 14.0. The molecule has 0 bridgehead atoms. The highest BCUT2D eigenvalue weighted by Gasteiger charge is 2.18. The minimum atomic E-state index is -0.678. The van der Waals surface area contributed by atoms with Gasteiger partial charge in [0, 0.05) is 12.6 Å². The zero-order chi connectivity index (χ0) is 14.7. The number of amides is 2. The Hall–Kier alpha value is -2.41. The first-order valence-electron chi connectivity index (χ1n) is 5.88. The SMILES string of the molecule is CNc1nc(C(N)=O)c(NC(=O)c2ccccc2C)s1. The zero-order valence-corrected chi connectivity index (χ0v) is 11.9. The molecule has 0 aliphatic heterocycles. The second kappa shape index (κ2) is 5.70. The van der Waals surface area contributed by atoms with Gasteiger partial charge in [0.1, 0.15) is 5.00 Å². The number of aromatic nitrogens is 1. The normalized spacial score (nSPS) is 10.1. The van der Waals surface area contributed by atoms with Crippen molar-refractivity contribution in [2.75, 3.05) is 17.7 Å². The quantitative estimate of drug-likeness (QED) is 0.800. The van der Waals surface area contributed by atoms with Gasteiger partial charge >= 0.3 is 0 Å². The first-order valence-corrected chi connectivity index (χ1v) is 6.70. The molecule has 1 aromatic heterocycles. The van der Waals surface area contributed by atoms with E-state index >= 15 is 0 Å². The Balaban J connectivity index is 2.30. The lowest BCUT2D eigenvalue weighted by atomic mass is 10.1. The smallest absolute Gasteiger partial charge is 0.270 e. The molecule has 2 aromatic rings. The number of nitrogens with zero attached hydrogens (tertiary/aromatic N) is 1. The molecule has 2 amide bonds. The van der Waals surface area contributed by atoms with Gasteiger partial charge in [-0.15, -0.1) is 0 Å². The van der Waals surface area contributed by atoms with Crippen molar-refractivity contribution in [2.24, 2.45) is 5.73 Å². The number of benzene rings is 1. The summed E-state index contributed by atoms with van der Waals surface area (Å²) >= 11 is 1.16. The molecule has 2 rings (SSSR count). The van der Waals surface area contributed by atoms with Gasteiger partial charge in [-0.3, -0.25) is 9.59 Å². The molecule has 0 saturated carbocycles. The van der Waals surface area contributed by atoms with Gasteiger partial charge in [0.25, 0.3) is 11.8 Å². The third kappa shape index (κ3) is 2.77. The molecule has 6 nitrogen and oxygen atoms in total. The fraction of sp³-hybridized carbons (Fsp3) is 0.154. The molecule has 7 heteroatoms. The van der Waals surface area contributed by atoms with Gasteiger partial charge in [-0.25, -0.2) is 4.98 Å². The van der Waals surface area contributed by atoms with Crippen LogP contribution in [0.1, 0.15) is 26.4 Å². The van der Waals surface area contributed by atoms with Crippen molar-refractivity contribution < 1.29 is 9.59 Å². The van der Waals surface area contributed by atoms with Gasteiger partial charge < -0.3 is 16.4 Å². The highest BCUT2D eigenvalue weighted by molar-refractivity contribution is 7.20. The van der Waals surface area contributed by atoms with Crippen molar-refractivity contribution in [3.8, 4) is 0 Å². The molecule has 0 radical (unpaired) electrons. The van der Waals surface area contributed by atoms with Gasteiger partial charge in [-0.05, 0) is 18.6 Å². The van der Waals surface area contributed by atoms with E-state index in [1.54, 1.807) is 19.2 Å². The van der Waals surface area contributed by atoms with Gasteiger partial charge in [-0.2, -0.15) is 0 Å². The Labute approximate surface area is 120 Å². The molecule has 0 saturated heterocycles. The minimum absolute atomic E-state index is 0.0567. The standard InChI is InChI=1S/C13H14N4O2S/c1-7-5-3-4-6-8(7)11(19)17-12-9(10(14)18)16-13(15-2)20-12/h3-6H,1-2H3,(H2,14,18)(H,15,16)(H,17,19).